The van der Waals surface area contributed by atoms with Gasteiger partial charge in [0.1, 0.15) is 0 Å². The van der Waals surface area contributed by atoms with Gasteiger partial charge in [-0.15, -0.1) is 0 Å². The fraction of sp³-hybridized carbons (Fsp3) is 0.556. The highest BCUT2D eigenvalue weighted by Gasteiger charge is 2.11. The Balaban J connectivity index is 2.30. The lowest BCUT2D eigenvalue weighted by Gasteiger charge is -2.19. The van der Waals surface area contributed by atoms with Crippen molar-refractivity contribution in [1.82, 2.24) is 10.6 Å². The number of hydrogen-bond acceptors (Lipinski definition) is 2. The number of rotatable bonds is 9. The second-order valence-corrected chi connectivity index (χ2v) is 5.97. The highest BCUT2D eigenvalue weighted by molar-refractivity contribution is 7.80. The van der Waals surface area contributed by atoms with E-state index < -0.39 is 0 Å². The van der Waals surface area contributed by atoms with Gasteiger partial charge in [0.05, 0.1) is 6.04 Å². The van der Waals surface area contributed by atoms with E-state index in [9.17, 15) is 4.79 Å². The Kier molecular flexibility index (Phi) is 9.47. The molecule has 122 valence electrons. The first-order valence-electron chi connectivity index (χ1n) is 8.32. The molecule has 3 nitrogen and oxygen atoms in total. The maximum atomic E-state index is 11.9. The van der Waals surface area contributed by atoms with Crippen molar-refractivity contribution >= 4 is 23.2 Å². The van der Waals surface area contributed by atoms with Crippen molar-refractivity contribution < 1.29 is 4.79 Å². The fourth-order valence-electron chi connectivity index (χ4n) is 2.38. The maximum Gasteiger partial charge on any atom is 0.226 e. The summed E-state index contributed by atoms with van der Waals surface area (Å²) in [5.74, 6) is 0.0110. The van der Waals surface area contributed by atoms with Crippen LogP contribution in [0, 0.1) is 0 Å². The van der Waals surface area contributed by atoms with Gasteiger partial charge in [0.2, 0.25) is 5.91 Å². The summed E-state index contributed by atoms with van der Waals surface area (Å²) in [6.45, 7) is 4.29. The Morgan fingerprint density at radius 2 is 1.77 bits per heavy atom. The molecular weight excluding hydrogens is 292 g/mol. The Labute approximate surface area is 139 Å². The third kappa shape index (κ3) is 7.55. The van der Waals surface area contributed by atoms with Crippen LogP contribution in [0.2, 0.25) is 0 Å². The van der Waals surface area contributed by atoms with Gasteiger partial charge in [0.25, 0.3) is 0 Å². The van der Waals surface area contributed by atoms with Crippen LogP contribution < -0.4 is 10.6 Å². The smallest absolute Gasteiger partial charge is 0.226 e. The minimum Gasteiger partial charge on any atom is -0.356 e. The number of benzene rings is 1. The predicted octanol–water partition coefficient (Wildman–Crippen LogP) is 4.49. The molecule has 1 aromatic rings. The first-order chi connectivity index (χ1) is 10.7. The van der Waals surface area contributed by atoms with Gasteiger partial charge < -0.3 is 10.6 Å². The summed E-state index contributed by atoms with van der Waals surface area (Å²) in [5, 5.41) is 6.44. The molecule has 0 aromatic heterocycles. The van der Waals surface area contributed by atoms with E-state index in [4.69, 9.17) is 12.2 Å². The van der Waals surface area contributed by atoms with Gasteiger partial charge in [-0.25, -0.2) is 0 Å². The molecule has 1 unspecified atom stereocenters. The summed E-state index contributed by atoms with van der Waals surface area (Å²) in [6.07, 6.45) is 7.19. The van der Waals surface area contributed by atoms with Crippen molar-refractivity contribution in [2.24, 2.45) is 0 Å². The van der Waals surface area contributed by atoms with Gasteiger partial charge >= 0.3 is 0 Å². The lowest BCUT2D eigenvalue weighted by Crippen LogP contribution is -2.40. The number of nitrogens with one attached hydrogen (secondary N) is 2. The molecule has 1 aromatic carbocycles. The molecule has 0 aliphatic rings. The molecule has 0 bridgehead atoms. The second-order valence-electron chi connectivity index (χ2n) is 5.56. The zero-order valence-corrected chi connectivity index (χ0v) is 14.5. The lowest BCUT2D eigenvalue weighted by molar-refractivity contribution is -0.119. The standard InChI is InChI=1S/C18H28N2OS/c1-3-5-6-7-11-14-17(21)20-18(22)19-16(4-2)15-12-9-8-10-13-15/h8-10,12-13,16H,3-7,11,14H2,1-2H3,(H2,19,20,21,22). The molecule has 4 heteroatoms. The number of carbonyl (C=O) groups excluding carboxylic acids is 1. The minimum atomic E-state index is 0.0110. The normalized spacial score (nSPS) is 11.7. The van der Waals surface area contributed by atoms with Crippen molar-refractivity contribution in [2.45, 2.75) is 64.8 Å². The number of hydrogen-bond donors (Lipinski definition) is 2. The maximum absolute atomic E-state index is 11.9. The summed E-state index contributed by atoms with van der Waals surface area (Å²) in [5.41, 5.74) is 1.18. The quantitative estimate of drug-likeness (QED) is 0.520. The summed E-state index contributed by atoms with van der Waals surface area (Å²) >= 11 is 5.25. The molecule has 0 saturated carbocycles. The Morgan fingerprint density at radius 1 is 1.09 bits per heavy atom. The first-order valence-corrected chi connectivity index (χ1v) is 8.73. The third-order valence-corrected chi connectivity index (χ3v) is 3.90. The third-order valence-electron chi connectivity index (χ3n) is 3.68. The second kappa shape index (κ2) is 11.2. The topological polar surface area (TPSA) is 41.1 Å². The van der Waals surface area contributed by atoms with Crippen LogP contribution in [0.1, 0.15) is 70.4 Å². The van der Waals surface area contributed by atoms with E-state index in [2.05, 4.69) is 36.6 Å². The van der Waals surface area contributed by atoms with E-state index in [1.807, 2.05) is 18.2 Å². The molecule has 0 heterocycles. The van der Waals surface area contributed by atoms with E-state index in [0.717, 1.165) is 19.3 Å². The van der Waals surface area contributed by atoms with Crippen molar-refractivity contribution in [3.05, 3.63) is 35.9 Å². The van der Waals surface area contributed by atoms with Crippen molar-refractivity contribution in [1.29, 1.82) is 0 Å². The number of thiocarbonyl (C=S) groups is 1. The number of carbonyl (C=O) groups is 1. The van der Waals surface area contributed by atoms with E-state index in [1.54, 1.807) is 0 Å². The van der Waals surface area contributed by atoms with Crippen LogP contribution >= 0.6 is 12.2 Å². The summed E-state index contributed by atoms with van der Waals surface area (Å²) in [6, 6.07) is 10.3. The first kappa shape index (κ1) is 18.6. The van der Waals surface area contributed by atoms with Crippen molar-refractivity contribution in [3.63, 3.8) is 0 Å². The Hall–Kier alpha value is -1.42. The SMILES string of the molecule is CCCCCCCC(=O)NC(=S)NC(CC)c1ccccc1. The van der Waals surface area contributed by atoms with Gasteiger partial charge in [0.15, 0.2) is 5.11 Å². The summed E-state index contributed by atoms with van der Waals surface area (Å²) < 4.78 is 0. The highest BCUT2D eigenvalue weighted by atomic mass is 32.1. The van der Waals surface area contributed by atoms with E-state index in [1.165, 1.54) is 24.8 Å². The fourth-order valence-corrected chi connectivity index (χ4v) is 2.64. The van der Waals surface area contributed by atoms with Crippen LogP contribution in [-0.4, -0.2) is 11.0 Å². The summed E-state index contributed by atoms with van der Waals surface area (Å²) in [7, 11) is 0. The monoisotopic (exact) mass is 320 g/mol. The molecule has 22 heavy (non-hydrogen) atoms. The molecule has 1 amide bonds. The number of unbranched alkanes of at least 4 members (excludes halogenated alkanes) is 4. The Morgan fingerprint density at radius 3 is 2.41 bits per heavy atom. The van der Waals surface area contributed by atoms with E-state index >= 15 is 0 Å². The zero-order chi connectivity index (χ0) is 16.2. The van der Waals surface area contributed by atoms with Gasteiger partial charge in [-0.2, -0.15) is 0 Å². The van der Waals surface area contributed by atoms with Crippen LogP contribution in [0.25, 0.3) is 0 Å². The average Bonchev–Trinajstić information content (AvgIpc) is 2.53. The predicted molar refractivity (Wildman–Crippen MR) is 96.7 cm³/mol. The van der Waals surface area contributed by atoms with Crippen molar-refractivity contribution in [2.75, 3.05) is 0 Å². The minimum absolute atomic E-state index is 0.0110. The van der Waals surface area contributed by atoms with Crippen LogP contribution in [-0.2, 0) is 4.79 Å². The molecule has 0 aliphatic carbocycles. The average molecular weight is 321 g/mol. The molecule has 1 atom stereocenters. The zero-order valence-electron chi connectivity index (χ0n) is 13.7. The van der Waals surface area contributed by atoms with Gasteiger partial charge in [-0.3, -0.25) is 4.79 Å². The van der Waals surface area contributed by atoms with Crippen LogP contribution in [0.5, 0.6) is 0 Å². The highest BCUT2D eigenvalue weighted by Crippen LogP contribution is 2.15. The molecular formula is C18H28N2OS. The molecule has 0 radical (unpaired) electrons. The van der Waals surface area contributed by atoms with Gasteiger partial charge in [-0.1, -0.05) is 69.9 Å². The molecule has 1 rings (SSSR count). The molecule has 0 fully saturated rings. The van der Waals surface area contributed by atoms with Crippen molar-refractivity contribution in [3.8, 4) is 0 Å². The number of amides is 1. The summed E-state index contributed by atoms with van der Waals surface area (Å²) in [4.78, 5) is 11.9. The van der Waals surface area contributed by atoms with Gasteiger partial charge in [-0.05, 0) is 30.6 Å². The van der Waals surface area contributed by atoms with Crippen LogP contribution in [0.4, 0.5) is 0 Å². The van der Waals surface area contributed by atoms with Gasteiger partial charge in [0, 0.05) is 6.42 Å². The van der Waals surface area contributed by atoms with Crippen LogP contribution in [0.15, 0.2) is 30.3 Å². The van der Waals surface area contributed by atoms with E-state index in [-0.39, 0.29) is 11.9 Å². The van der Waals surface area contributed by atoms with E-state index in [0.29, 0.717) is 11.5 Å². The van der Waals surface area contributed by atoms with Crippen LogP contribution in [0.3, 0.4) is 0 Å². The molecule has 0 spiro atoms. The Bertz CT molecular complexity index is 448. The molecule has 2 N–H and O–H groups in total. The largest absolute Gasteiger partial charge is 0.356 e. The molecule has 0 saturated heterocycles. The lowest BCUT2D eigenvalue weighted by atomic mass is 10.1. The molecule has 0 aliphatic heterocycles.